The number of benzene rings is 2. The topological polar surface area (TPSA) is 47.3 Å². The molecule has 0 unspecified atom stereocenters. The van der Waals surface area contributed by atoms with Gasteiger partial charge in [-0.15, -0.1) is 0 Å². The van der Waals surface area contributed by atoms with Gasteiger partial charge in [-0.3, -0.25) is 0 Å². The molecule has 0 fully saturated rings. The molecule has 19 heavy (non-hydrogen) atoms. The maximum atomic E-state index is 13.1. The van der Waals surface area contributed by atoms with Crippen LogP contribution in [0.1, 0.15) is 13.8 Å². The van der Waals surface area contributed by atoms with Gasteiger partial charge in [-0.1, -0.05) is 12.1 Å². The molecule has 0 saturated carbocycles. The van der Waals surface area contributed by atoms with Crippen LogP contribution in [0.15, 0.2) is 42.5 Å². The highest BCUT2D eigenvalue weighted by Gasteiger charge is 2.08. The molecule has 0 aliphatic rings. The van der Waals surface area contributed by atoms with Crippen LogP contribution in [0.4, 0.5) is 21.5 Å². The van der Waals surface area contributed by atoms with Crippen molar-refractivity contribution in [2.45, 2.75) is 20.0 Å². The SMILES string of the molecule is CC(C)Oc1cccc(Nc2cccc(F)c2)c1N. The van der Waals surface area contributed by atoms with E-state index in [4.69, 9.17) is 10.5 Å². The summed E-state index contributed by atoms with van der Waals surface area (Å²) in [4.78, 5) is 0. The lowest BCUT2D eigenvalue weighted by atomic mass is 10.2. The third-order valence-electron chi connectivity index (χ3n) is 2.53. The summed E-state index contributed by atoms with van der Waals surface area (Å²) in [6.45, 7) is 3.87. The first-order chi connectivity index (χ1) is 9.06. The van der Waals surface area contributed by atoms with Gasteiger partial charge in [-0.25, -0.2) is 4.39 Å². The number of nitrogens with one attached hydrogen (secondary N) is 1. The van der Waals surface area contributed by atoms with Crippen LogP contribution in [0.2, 0.25) is 0 Å². The molecule has 0 amide bonds. The Morgan fingerprint density at radius 1 is 1.16 bits per heavy atom. The summed E-state index contributed by atoms with van der Waals surface area (Å²) >= 11 is 0. The molecule has 2 rings (SSSR count). The Balaban J connectivity index is 2.25. The van der Waals surface area contributed by atoms with Crippen molar-refractivity contribution < 1.29 is 9.13 Å². The van der Waals surface area contributed by atoms with Crippen LogP contribution >= 0.6 is 0 Å². The Hall–Kier alpha value is -2.23. The number of hydrogen-bond donors (Lipinski definition) is 2. The molecule has 3 nitrogen and oxygen atoms in total. The van der Waals surface area contributed by atoms with Gasteiger partial charge in [0, 0.05) is 5.69 Å². The van der Waals surface area contributed by atoms with Gasteiger partial charge < -0.3 is 15.8 Å². The Labute approximate surface area is 112 Å². The van der Waals surface area contributed by atoms with Gasteiger partial charge in [0.15, 0.2) is 0 Å². The summed E-state index contributed by atoms with van der Waals surface area (Å²) in [7, 11) is 0. The lowest BCUT2D eigenvalue weighted by Gasteiger charge is -2.15. The highest BCUT2D eigenvalue weighted by atomic mass is 19.1. The Morgan fingerprint density at radius 2 is 1.89 bits per heavy atom. The van der Waals surface area contributed by atoms with Crippen molar-refractivity contribution in [3.8, 4) is 5.75 Å². The van der Waals surface area contributed by atoms with Crippen molar-refractivity contribution in [3.63, 3.8) is 0 Å². The van der Waals surface area contributed by atoms with Crippen LogP contribution in [-0.4, -0.2) is 6.10 Å². The smallest absolute Gasteiger partial charge is 0.144 e. The molecule has 2 aromatic rings. The van der Waals surface area contributed by atoms with Gasteiger partial charge in [0.2, 0.25) is 0 Å². The summed E-state index contributed by atoms with van der Waals surface area (Å²) in [5.74, 6) is 0.328. The van der Waals surface area contributed by atoms with Crippen LogP contribution < -0.4 is 15.8 Å². The summed E-state index contributed by atoms with van der Waals surface area (Å²) in [5, 5.41) is 3.08. The standard InChI is InChI=1S/C15H17FN2O/c1-10(2)19-14-8-4-7-13(15(14)17)18-12-6-3-5-11(16)9-12/h3-10,18H,17H2,1-2H3. The molecular formula is C15H17FN2O. The van der Waals surface area contributed by atoms with E-state index in [1.54, 1.807) is 12.1 Å². The molecule has 0 saturated heterocycles. The molecule has 0 heterocycles. The van der Waals surface area contributed by atoms with E-state index in [0.717, 1.165) is 0 Å². The second-order valence-corrected chi connectivity index (χ2v) is 4.52. The number of rotatable bonds is 4. The lowest BCUT2D eigenvalue weighted by Crippen LogP contribution is -2.08. The molecular weight excluding hydrogens is 243 g/mol. The number of hydrogen-bond acceptors (Lipinski definition) is 3. The molecule has 0 spiro atoms. The van der Waals surface area contributed by atoms with Crippen molar-refractivity contribution in [1.29, 1.82) is 0 Å². The predicted octanol–water partition coefficient (Wildman–Crippen LogP) is 3.94. The fourth-order valence-electron chi connectivity index (χ4n) is 1.73. The number of ether oxygens (including phenoxy) is 1. The average Bonchev–Trinajstić information content (AvgIpc) is 2.34. The van der Waals surface area contributed by atoms with E-state index in [2.05, 4.69) is 5.32 Å². The molecule has 4 heteroatoms. The predicted molar refractivity (Wildman–Crippen MR) is 76.3 cm³/mol. The van der Waals surface area contributed by atoms with Crippen LogP contribution in [0.5, 0.6) is 5.75 Å². The van der Waals surface area contributed by atoms with Crippen LogP contribution in [0.3, 0.4) is 0 Å². The fourth-order valence-corrected chi connectivity index (χ4v) is 1.73. The molecule has 2 aromatic carbocycles. The molecule has 0 aliphatic carbocycles. The van der Waals surface area contributed by atoms with Crippen LogP contribution in [-0.2, 0) is 0 Å². The van der Waals surface area contributed by atoms with Crippen LogP contribution in [0.25, 0.3) is 0 Å². The first-order valence-electron chi connectivity index (χ1n) is 6.14. The van der Waals surface area contributed by atoms with E-state index in [-0.39, 0.29) is 11.9 Å². The summed E-state index contributed by atoms with van der Waals surface area (Å²) in [6.07, 6.45) is 0.0479. The van der Waals surface area contributed by atoms with Crippen molar-refractivity contribution in [2.24, 2.45) is 0 Å². The molecule has 0 bridgehead atoms. The minimum atomic E-state index is -0.293. The number of halogens is 1. The number of para-hydroxylation sites is 1. The van der Waals surface area contributed by atoms with Gasteiger partial charge in [-0.2, -0.15) is 0 Å². The van der Waals surface area contributed by atoms with Gasteiger partial charge in [0.1, 0.15) is 11.6 Å². The minimum absolute atomic E-state index is 0.0479. The average molecular weight is 260 g/mol. The maximum Gasteiger partial charge on any atom is 0.144 e. The monoisotopic (exact) mass is 260 g/mol. The van der Waals surface area contributed by atoms with Crippen LogP contribution in [0, 0.1) is 5.82 Å². The number of anilines is 3. The summed E-state index contributed by atoms with van der Waals surface area (Å²) in [6, 6.07) is 11.7. The number of nitrogen functional groups attached to an aromatic ring is 1. The second-order valence-electron chi connectivity index (χ2n) is 4.52. The van der Waals surface area contributed by atoms with E-state index in [9.17, 15) is 4.39 Å². The van der Waals surface area contributed by atoms with Gasteiger partial charge in [0.05, 0.1) is 17.5 Å². The van der Waals surface area contributed by atoms with E-state index in [0.29, 0.717) is 22.8 Å². The zero-order valence-corrected chi connectivity index (χ0v) is 11.0. The summed E-state index contributed by atoms with van der Waals surface area (Å²) in [5.41, 5.74) is 7.90. The molecule has 3 N–H and O–H groups in total. The van der Waals surface area contributed by atoms with E-state index < -0.39 is 0 Å². The molecule has 0 aliphatic heterocycles. The highest BCUT2D eigenvalue weighted by molar-refractivity contribution is 5.77. The zero-order chi connectivity index (χ0) is 13.8. The lowest BCUT2D eigenvalue weighted by molar-refractivity contribution is 0.244. The molecule has 100 valence electrons. The Kier molecular flexibility index (Phi) is 3.90. The van der Waals surface area contributed by atoms with E-state index in [1.807, 2.05) is 32.0 Å². The fraction of sp³-hybridized carbons (Fsp3) is 0.200. The Morgan fingerprint density at radius 3 is 2.58 bits per heavy atom. The third-order valence-corrected chi connectivity index (χ3v) is 2.53. The van der Waals surface area contributed by atoms with E-state index >= 15 is 0 Å². The highest BCUT2D eigenvalue weighted by Crippen LogP contribution is 2.32. The quantitative estimate of drug-likeness (QED) is 0.818. The van der Waals surface area contributed by atoms with Crippen molar-refractivity contribution in [3.05, 3.63) is 48.3 Å². The van der Waals surface area contributed by atoms with Crippen molar-refractivity contribution in [1.82, 2.24) is 0 Å². The molecule has 0 aromatic heterocycles. The van der Waals surface area contributed by atoms with Gasteiger partial charge >= 0.3 is 0 Å². The van der Waals surface area contributed by atoms with Gasteiger partial charge in [0.25, 0.3) is 0 Å². The van der Waals surface area contributed by atoms with E-state index in [1.165, 1.54) is 12.1 Å². The van der Waals surface area contributed by atoms with Crippen molar-refractivity contribution >= 4 is 17.1 Å². The normalized spacial score (nSPS) is 10.5. The Bertz CT molecular complexity index is 570. The molecule has 0 radical (unpaired) electrons. The number of nitrogens with two attached hydrogens (primary N) is 1. The third kappa shape index (κ3) is 3.37. The van der Waals surface area contributed by atoms with Crippen molar-refractivity contribution in [2.75, 3.05) is 11.1 Å². The van der Waals surface area contributed by atoms with Gasteiger partial charge in [-0.05, 0) is 44.2 Å². The molecule has 0 atom stereocenters. The first-order valence-corrected chi connectivity index (χ1v) is 6.14. The largest absolute Gasteiger partial charge is 0.489 e. The maximum absolute atomic E-state index is 13.1. The minimum Gasteiger partial charge on any atom is -0.489 e. The zero-order valence-electron chi connectivity index (χ0n) is 11.0. The second kappa shape index (κ2) is 5.61. The first kappa shape index (κ1) is 13.2. The summed E-state index contributed by atoms with van der Waals surface area (Å²) < 4.78 is 18.7.